The molecule has 2 aromatic heterocycles. The largest absolute Gasteiger partial charge is 0.468 e. The summed E-state index contributed by atoms with van der Waals surface area (Å²) in [4.78, 5) is 0. The van der Waals surface area contributed by atoms with E-state index in [0.717, 1.165) is 25.3 Å². The first-order valence-corrected chi connectivity index (χ1v) is 5.05. The van der Waals surface area contributed by atoms with Gasteiger partial charge in [0.05, 0.1) is 19.0 Å². The van der Waals surface area contributed by atoms with E-state index in [9.17, 15) is 0 Å². The highest BCUT2D eigenvalue weighted by atomic mass is 16.3. The monoisotopic (exact) mass is 205 g/mol. The van der Waals surface area contributed by atoms with Crippen LogP contribution in [0.25, 0.3) is 0 Å². The molecular weight excluding hydrogens is 190 g/mol. The van der Waals surface area contributed by atoms with Gasteiger partial charge in [0.2, 0.25) is 0 Å². The molecule has 0 unspecified atom stereocenters. The second-order valence-electron chi connectivity index (χ2n) is 3.53. The fourth-order valence-electron chi connectivity index (χ4n) is 1.46. The molecule has 0 saturated carbocycles. The minimum atomic E-state index is 0.785. The summed E-state index contributed by atoms with van der Waals surface area (Å²) >= 11 is 0. The summed E-state index contributed by atoms with van der Waals surface area (Å²) in [5.74, 6) is 0.973. The number of hydrogen-bond donors (Lipinski definition) is 1. The van der Waals surface area contributed by atoms with Crippen LogP contribution in [0.2, 0.25) is 0 Å². The number of nitrogens with one attached hydrogen (secondary N) is 1. The molecular formula is C11H15N3O. The van der Waals surface area contributed by atoms with E-state index in [0.29, 0.717) is 0 Å². The number of furan rings is 1. The molecule has 0 bridgehead atoms. The lowest BCUT2D eigenvalue weighted by Gasteiger charge is -2.00. The summed E-state index contributed by atoms with van der Waals surface area (Å²) in [7, 11) is 1.93. The number of hydrogen-bond acceptors (Lipinski definition) is 3. The van der Waals surface area contributed by atoms with Crippen LogP contribution in [0, 0.1) is 0 Å². The zero-order chi connectivity index (χ0) is 10.5. The summed E-state index contributed by atoms with van der Waals surface area (Å²) in [5, 5.41) is 7.43. The predicted octanol–water partition coefficient (Wildman–Crippen LogP) is 1.35. The number of aromatic nitrogens is 2. The average Bonchev–Trinajstić information content (AvgIpc) is 2.84. The van der Waals surface area contributed by atoms with Crippen molar-refractivity contribution in [1.82, 2.24) is 15.1 Å². The molecule has 4 nitrogen and oxygen atoms in total. The summed E-state index contributed by atoms with van der Waals surface area (Å²) < 4.78 is 7.03. The quantitative estimate of drug-likeness (QED) is 0.749. The first-order chi connectivity index (χ1) is 7.34. The summed E-state index contributed by atoms with van der Waals surface area (Å²) in [6.07, 6.45) is 6.62. The molecule has 2 rings (SSSR count). The first-order valence-electron chi connectivity index (χ1n) is 5.05. The second kappa shape index (κ2) is 4.79. The van der Waals surface area contributed by atoms with Crippen LogP contribution in [0.1, 0.15) is 11.3 Å². The lowest BCUT2D eigenvalue weighted by molar-refractivity contribution is 0.484. The number of aryl methyl sites for hydroxylation is 1. The standard InChI is InChI=1S/C11H15N3O/c1-14-9-10(7-13-14)4-5-12-8-11-3-2-6-15-11/h2-3,6-7,9,12H,4-5,8H2,1H3. The van der Waals surface area contributed by atoms with Gasteiger partial charge in [-0.3, -0.25) is 4.68 Å². The van der Waals surface area contributed by atoms with Gasteiger partial charge in [0.25, 0.3) is 0 Å². The summed E-state index contributed by atoms with van der Waals surface area (Å²) in [5.41, 5.74) is 1.25. The topological polar surface area (TPSA) is 43.0 Å². The third kappa shape index (κ3) is 2.95. The Kier molecular flexibility index (Phi) is 3.19. The summed E-state index contributed by atoms with van der Waals surface area (Å²) in [6.45, 7) is 1.72. The minimum Gasteiger partial charge on any atom is -0.468 e. The fraction of sp³-hybridized carbons (Fsp3) is 0.364. The lowest BCUT2D eigenvalue weighted by Crippen LogP contribution is -2.16. The van der Waals surface area contributed by atoms with Gasteiger partial charge >= 0.3 is 0 Å². The molecule has 1 N–H and O–H groups in total. The Labute approximate surface area is 88.9 Å². The molecule has 80 valence electrons. The Morgan fingerprint density at radius 1 is 1.53 bits per heavy atom. The van der Waals surface area contributed by atoms with Crippen molar-refractivity contribution in [2.45, 2.75) is 13.0 Å². The van der Waals surface area contributed by atoms with E-state index in [1.807, 2.05) is 36.3 Å². The maximum atomic E-state index is 5.21. The van der Waals surface area contributed by atoms with Gasteiger partial charge in [-0.2, -0.15) is 5.10 Å². The molecule has 0 amide bonds. The molecule has 0 aliphatic carbocycles. The lowest BCUT2D eigenvalue weighted by atomic mass is 10.2. The van der Waals surface area contributed by atoms with Crippen molar-refractivity contribution in [3.05, 3.63) is 42.1 Å². The van der Waals surface area contributed by atoms with E-state index in [-0.39, 0.29) is 0 Å². The van der Waals surface area contributed by atoms with Crippen LogP contribution < -0.4 is 5.32 Å². The highest BCUT2D eigenvalue weighted by Gasteiger charge is 1.97. The molecule has 0 saturated heterocycles. The number of rotatable bonds is 5. The van der Waals surface area contributed by atoms with Crippen LogP contribution in [-0.2, 0) is 20.0 Å². The van der Waals surface area contributed by atoms with E-state index in [4.69, 9.17) is 4.42 Å². The van der Waals surface area contributed by atoms with E-state index < -0.39 is 0 Å². The maximum absolute atomic E-state index is 5.21. The van der Waals surface area contributed by atoms with Crippen molar-refractivity contribution in [2.24, 2.45) is 7.05 Å². The van der Waals surface area contributed by atoms with Gasteiger partial charge < -0.3 is 9.73 Å². The van der Waals surface area contributed by atoms with E-state index in [2.05, 4.69) is 10.4 Å². The molecule has 0 fully saturated rings. The van der Waals surface area contributed by atoms with Gasteiger partial charge in [0, 0.05) is 13.2 Å². The van der Waals surface area contributed by atoms with Gasteiger partial charge in [-0.25, -0.2) is 0 Å². The Balaban J connectivity index is 1.67. The summed E-state index contributed by atoms with van der Waals surface area (Å²) in [6, 6.07) is 3.87. The zero-order valence-corrected chi connectivity index (χ0v) is 8.81. The SMILES string of the molecule is Cn1cc(CCNCc2ccco2)cn1. The minimum absolute atomic E-state index is 0.785. The molecule has 0 spiro atoms. The van der Waals surface area contributed by atoms with E-state index >= 15 is 0 Å². The van der Waals surface area contributed by atoms with Crippen LogP contribution in [0.4, 0.5) is 0 Å². The van der Waals surface area contributed by atoms with Crippen molar-refractivity contribution in [2.75, 3.05) is 6.54 Å². The second-order valence-corrected chi connectivity index (χ2v) is 3.53. The van der Waals surface area contributed by atoms with Crippen LogP contribution in [0.15, 0.2) is 35.2 Å². The number of nitrogens with zero attached hydrogens (tertiary/aromatic N) is 2. The molecule has 2 heterocycles. The van der Waals surface area contributed by atoms with E-state index in [1.165, 1.54) is 5.56 Å². The third-order valence-electron chi connectivity index (χ3n) is 2.23. The molecule has 0 aliphatic rings. The molecule has 0 aliphatic heterocycles. The van der Waals surface area contributed by atoms with Crippen LogP contribution in [-0.4, -0.2) is 16.3 Å². The highest BCUT2D eigenvalue weighted by Crippen LogP contribution is 1.99. The maximum Gasteiger partial charge on any atom is 0.117 e. The van der Waals surface area contributed by atoms with Crippen molar-refractivity contribution in [3.8, 4) is 0 Å². The first kappa shape index (κ1) is 9.98. The average molecular weight is 205 g/mol. The van der Waals surface area contributed by atoms with Gasteiger partial charge in [-0.05, 0) is 30.7 Å². The Bertz CT molecular complexity index is 392. The van der Waals surface area contributed by atoms with Gasteiger partial charge in [-0.15, -0.1) is 0 Å². The smallest absolute Gasteiger partial charge is 0.117 e. The normalized spacial score (nSPS) is 10.7. The fourth-order valence-corrected chi connectivity index (χ4v) is 1.46. The molecule has 0 atom stereocenters. The Hall–Kier alpha value is -1.55. The highest BCUT2D eigenvalue weighted by molar-refractivity contribution is 5.04. The zero-order valence-electron chi connectivity index (χ0n) is 8.81. The van der Waals surface area contributed by atoms with Gasteiger partial charge in [0.1, 0.15) is 5.76 Å². The van der Waals surface area contributed by atoms with Gasteiger partial charge in [-0.1, -0.05) is 0 Å². The Morgan fingerprint density at radius 2 is 2.47 bits per heavy atom. The predicted molar refractivity (Wildman–Crippen MR) is 57.3 cm³/mol. The van der Waals surface area contributed by atoms with Crippen LogP contribution >= 0.6 is 0 Å². The van der Waals surface area contributed by atoms with E-state index in [1.54, 1.807) is 6.26 Å². The van der Waals surface area contributed by atoms with Crippen molar-refractivity contribution < 1.29 is 4.42 Å². The van der Waals surface area contributed by atoms with Crippen molar-refractivity contribution >= 4 is 0 Å². The van der Waals surface area contributed by atoms with Crippen LogP contribution in [0.5, 0.6) is 0 Å². The third-order valence-corrected chi connectivity index (χ3v) is 2.23. The Morgan fingerprint density at radius 3 is 3.13 bits per heavy atom. The molecule has 2 aromatic rings. The van der Waals surface area contributed by atoms with Crippen LogP contribution in [0.3, 0.4) is 0 Å². The molecule has 15 heavy (non-hydrogen) atoms. The van der Waals surface area contributed by atoms with Crippen molar-refractivity contribution in [3.63, 3.8) is 0 Å². The molecule has 0 aromatic carbocycles. The van der Waals surface area contributed by atoms with Gasteiger partial charge in [0.15, 0.2) is 0 Å². The molecule has 0 radical (unpaired) electrons. The van der Waals surface area contributed by atoms with Crippen molar-refractivity contribution in [1.29, 1.82) is 0 Å². The molecule has 4 heteroatoms.